The van der Waals surface area contributed by atoms with Gasteiger partial charge in [-0.2, -0.15) is 0 Å². The van der Waals surface area contributed by atoms with Gasteiger partial charge in [-0.3, -0.25) is 0 Å². The Morgan fingerprint density at radius 2 is 1.74 bits per heavy atom. The maximum Gasteiger partial charge on any atom is 0.339 e. The summed E-state index contributed by atoms with van der Waals surface area (Å²) in [4.78, 5) is 29.0. The predicted molar refractivity (Wildman–Crippen MR) is 78.8 cm³/mol. The first kappa shape index (κ1) is 14.4. The van der Waals surface area contributed by atoms with Gasteiger partial charge in [0.05, 0.1) is 22.2 Å². The Bertz CT molecular complexity index is 960. The number of aromatic nitrogens is 2. The lowest BCUT2D eigenvalue weighted by molar-refractivity contribution is 0.0684. The molecule has 3 aromatic rings. The van der Waals surface area contributed by atoms with Crippen LogP contribution in [-0.4, -0.2) is 42.3 Å². The van der Waals surface area contributed by atoms with Gasteiger partial charge in [-0.05, 0) is 30.3 Å². The highest BCUT2D eigenvalue weighted by Crippen LogP contribution is 2.35. The summed E-state index contributed by atoms with van der Waals surface area (Å²) in [5.74, 6) is -3.28. The minimum atomic E-state index is -1.40. The van der Waals surface area contributed by atoms with Gasteiger partial charge in [-0.1, -0.05) is 0 Å². The van der Waals surface area contributed by atoms with Crippen LogP contribution >= 0.6 is 0 Å². The molecule has 8 heteroatoms. The fourth-order valence-corrected chi connectivity index (χ4v) is 2.23. The van der Waals surface area contributed by atoms with Gasteiger partial charge in [-0.25, -0.2) is 14.6 Å². The Kier molecular flexibility index (Phi) is 3.14. The monoisotopic (exact) mass is 314 g/mol. The number of benzene rings is 2. The summed E-state index contributed by atoms with van der Waals surface area (Å²) in [6.07, 6.45) is 0. The highest BCUT2D eigenvalue weighted by Gasteiger charge is 2.19. The lowest BCUT2D eigenvalue weighted by Gasteiger charge is -2.06. The lowest BCUT2D eigenvalue weighted by Crippen LogP contribution is -1.98. The fraction of sp³-hybridized carbons (Fsp3) is 0. The van der Waals surface area contributed by atoms with E-state index in [1.165, 1.54) is 18.2 Å². The molecule has 0 aliphatic heterocycles. The van der Waals surface area contributed by atoms with Crippen LogP contribution in [0.5, 0.6) is 11.5 Å². The van der Waals surface area contributed by atoms with E-state index in [4.69, 9.17) is 10.2 Å². The van der Waals surface area contributed by atoms with E-state index in [-0.39, 0.29) is 22.7 Å². The standard InChI is InChI=1S/C15H10N2O6/c18-7-4-8(12(19)9(5-7)15(22)23)13-16-10-2-1-6(14(20)21)3-11(10)17-13/h1-5,18-19H,(H,16,17)(H,20,21)(H,22,23). The van der Waals surface area contributed by atoms with Gasteiger partial charge < -0.3 is 25.4 Å². The molecular formula is C15H10N2O6. The summed E-state index contributed by atoms with van der Waals surface area (Å²) >= 11 is 0. The van der Waals surface area contributed by atoms with E-state index in [9.17, 15) is 19.8 Å². The van der Waals surface area contributed by atoms with Crippen molar-refractivity contribution in [3.05, 3.63) is 41.5 Å². The van der Waals surface area contributed by atoms with Gasteiger partial charge in [0, 0.05) is 0 Å². The number of nitrogens with zero attached hydrogens (tertiary/aromatic N) is 1. The van der Waals surface area contributed by atoms with Crippen LogP contribution in [0.3, 0.4) is 0 Å². The van der Waals surface area contributed by atoms with Gasteiger partial charge in [0.2, 0.25) is 0 Å². The Balaban J connectivity index is 2.21. The van der Waals surface area contributed by atoms with Crippen molar-refractivity contribution >= 4 is 23.0 Å². The summed E-state index contributed by atoms with van der Waals surface area (Å²) in [5.41, 5.74) is 0.422. The molecule has 0 fully saturated rings. The van der Waals surface area contributed by atoms with Crippen LogP contribution < -0.4 is 0 Å². The quantitative estimate of drug-likeness (QED) is 0.465. The molecule has 0 atom stereocenters. The smallest absolute Gasteiger partial charge is 0.339 e. The Labute approximate surface area is 128 Å². The topological polar surface area (TPSA) is 144 Å². The number of nitrogens with one attached hydrogen (secondary N) is 1. The number of carboxylic acids is 2. The van der Waals surface area contributed by atoms with E-state index < -0.39 is 23.3 Å². The molecule has 0 spiro atoms. The van der Waals surface area contributed by atoms with Crippen molar-refractivity contribution < 1.29 is 30.0 Å². The molecule has 23 heavy (non-hydrogen) atoms. The third-order valence-corrected chi connectivity index (χ3v) is 3.31. The average Bonchev–Trinajstić information content (AvgIpc) is 2.91. The first-order valence-corrected chi connectivity index (χ1v) is 6.39. The molecule has 0 bridgehead atoms. The Morgan fingerprint density at radius 1 is 1.00 bits per heavy atom. The lowest BCUT2D eigenvalue weighted by atomic mass is 10.1. The number of aromatic amines is 1. The number of H-pyrrole nitrogens is 1. The third-order valence-electron chi connectivity index (χ3n) is 3.31. The highest BCUT2D eigenvalue weighted by molar-refractivity contribution is 5.96. The number of imidazole rings is 1. The van der Waals surface area contributed by atoms with E-state index in [0.717, 1.165) is 12.1 Å². The van der Waals surface area contributed by atoms with Crippen molar-refractivity contribution in [2.45, 2.75) is 0 Å². The van der Waals surface area contributed by atoms with Crippen LogP contribution in [0.4, 0.5) is 0 Å². The average molecular weight is 314 g/mol. The zero-order chi connectivity index (χ0) is 16.7. The van der Waals surface area contributed by atoms with Crippen molar-refractivity contribution in [2.24, 2.45) is 0 Å². The molecule has 1 aromatic heterocycles. The van der Waals surface area contributed by atoms with E-state index >= 15 is 0 Å². The fourth-order valence-electron chi connectivity index (χ4n) is 2.23. The Morgan fingerprint density at radius 3 is 2.39 bits per heavy atom. The van der Waals surface area contributed by atoms with Crippen LogP contribution in [-0.2, 0) is 0 Å². The van der Waals surface area contributed by atoms with Crippen molar-refractivity contribution in [1.82, 2.24) is 9.97 Å². The second-order valence-electron chi connectivity index (χ2n) is 4.82. The summed E-state index contributed by atoms with van der Waals surface area (Å²) < 4.78 is 0. The first-order valence-electron chi connectivity index (χ1n) is 6.39. The summed E-state index contributed by atoms with van der Waals surface area (Å²) in [5, 5.41) is 37.7. The number of phenolic OH excluding ortho intramolecular Hbond substituents is 1. The minimum Gasteiger partial charge on any atom is -0.508 e. The third kappa shape index (κ3) is 2.42. The molecule has 0 radical (unpaired) electrons. The van der Waals surface area contributed by atoms with Crippen molar-refractivity contribution in [3.8, 4) is 22.9 Å². The maximum absolute atomic E-state index is 11.1. The number of hydrogen-bond acceptors (Lipinski definition) is 5. The van der Waals surface area contributed by atoms with Crippen molar-refractivity contribution in [1.29, 1.82) is 0 Å². The number of aromatic carboxylic acids is 2. The maximum atomic E-state index is 11.1. The zero-order valence-electron chi connectivity index (χ0n) is 11.4. The molecule has 8 nitrogen and oxygen atoms in total. The highest BCUT2D eigenvalue weighted by atomic mass is 16.4. The molecular weight excluding hydrogens is 304 g/mol. The van der Waals surface area contributed by atoms with Gasteiger partial charge >= 0.3 is 11.9 Å². The second-order valence-corrected chi connectivity index (χ2v) is 4.82. The number of phenols is 2. The molecule has 0 aliphatic rings. The van der Waals surface area contributed by atoms with Crippen LogP contribution in [0.15, 0.2) is 30.3 Å². The molecule has 0 saturated carbocycles. The predicted octanol–water partition coefficient (Wildman–Crippen LogP) is 2.04. The number of hydrogen-bond donors (Lipinski definition) is 5. The zero-order valence-corrected chi connectivity index (χ0v) is 11.4. The summed E-state index contributed by atoms with van der Waals surface area (Å²) in [6, 6.07) is 6.31. The number of aromatic hydroxyl groups is 2. The molecule has 5 N–H and O–H groups in total. The molecule has 0 saturated heterocycles. The SMILES string of the molecule is O=C(O)c1ccc2nc(-c3cc(O)cc(C(=O)O)c3O)[nH]c2c1. The number of carbonyl (C=O) groups is 2. The summed E-state index contributed by atoms with van der Waals surface area (Å²) in [7, 11) is 0. The van der Waals surface area contributed by atoms with E-state index in [1.807, 2.05) is 0 Å². The minimum absolute atomic E-state index is 0.00419. The molecule has 0 unspecified atom stereocenters. The van der Waals surface area contributed by atoms with Crippen molar-refractivity contribution in [3.63, 3.8) is 0 Å². The summed E-state index contributed by atoms with van der Waals surface area (Å²) in [6.45, 7) is 0. The van der Waals surface area contributed by atoms with Crippen LogP contribution in [0, 0.1) is 0 Å². The van der Waals surface area contributed by atoms with Gasteiger partial charge in [0.1, 0.15) is 22.9 Å². The number of carboxylic acid groups (broad SMARTS) is 2. The Hall–Kier alpha value is -3.55. The normalized spacial score (nSPS) is 10.8. The van der Waals surface area contributed by atoms with Gasteiger partial charge in [-0.15, -0.1) is 0 Å². The largest absolute Gasteiger partial charge is 0.508 e. The molecule has 3 rings (SSSR count). The van der Waals surface area contributed by atoms with Crippen LogP contribution in [0.25, 0.3) is 22.4 Å². The van der Waals surface area contributed by atoms with E-state index in [2.05, 4.69) is 9.97 Å². The first-order chi connectivity index (χ1) is 10.9. The van der Waals surface area contributed by atoms with Gasteiger partial charge in [0.25, 0.3) is 0 Å². The van der Waals surface area contributed by atoms with Crippen LogP contribution in [0.1, 0.15) is 20.7 Å². The molecule has 116 valence electrons. The molecule has 0 amide bonds. The number of fused-ring (bicyclic) bond motifs is 1. The van der Waals surface area contributed by atoms with E-state index in [0.29, 0.717) is 11.0 Å². The molecule has 1 heterocycles. The second kappa shape index (κ2) is 5.02. The van der Waals surface area contributed by atoms with Crippen LogP contribution in [0.2, 0.25) is 0 Å². The van der Waals surface area contributed by atoms with Gasteiger partial charge in [0.15, 0.2) is 0 Å². The molecule has 0 aliphatic carbocycles. The number of rotatable bonds is 3. The van der Waals surface area contributed by atoms with Crippen molar-refractivity contribution in [2.75, 3.05) is 0 Å². The molecule has 2 aromatic carbocycles. The van der Waals surface area contributed by atoms with E-state index in [1.54, 1.807) is 0 Å².